The van der Waals surface area contributed by atoms with Crippen molar-refractivity contribution in [3.63, 3.8) is 0 Å². The first-order chi connectivity index (χ1) is 13.0. The number of carboxylic acids is 2. The van der Waals surface area contributed by atoms with Crippen LogP contribution in [-0.4, -0.2) is 29.0 Å². The van der Waals surface area contributed by atoms with Gasteiger partial charge >= 0.3 is 57.4 Å². The molecule has 0 aromatic rings. The van der Waals surface area contributed by atoms with E-state index in [0.717, 1.165) is 19.3 Å². The van der Waals surface area contributed by atoms with Crippen LogP contribution in [0.2, 0.25) is 0 Å². The van der Waals surface area contributed by atoms with Gasteiger partial charge in [0.1, 0.15) is 6.04 Å². The summed E-state index contributed by atoms with van der Waals surface area (Å²) in [6.45, 7) is 2.24. The summed E-state index contributed by atoms with van der Waals surface area (Å²) in [6.07, 6.45) is 15.6. The van der Waals surface area contributed by atoms with Crippen molar-refractivity contribution in [2.75, 3.05) is 0 Å². The Morgan fingerprint density at radius 3 is 1.61 bits per heavy atom. The number of carbonyl (C=O) groups is 3. The Morgan fingerprint density at radius 2 is 1.21 bits per heavy atom. The van der Waals surface area contributed by atoms with Crippen LogP contribution in [0.1, 0.15) is 110 Å². The maximum Gasteiger partial charge on any atom is 1.00 e. The molecular formula is C21H38KNO5. The van der Waals surface area contributed by atoms with Gasteiger partial charge in [-0.25, -0.2) is 4.79 Å². The molecule has 0 saturated heterocycles. The number of nitrogens with one attached hydrogen (secondary N) is 1. The molecule has 1 amide bonds. The van der Waals surface area contributed by atoms with E-state index in [-0.39, 0.29) is 76.6 Å². The predicted molar refractivity (Wildman–Crippen MR) is 104 cm³/mol. The molecule has 0 aliphatic carbocycles. The summed E-state index contributed by atoms with van der Waals surface area (Å²) in [4.78, 5) is 33.2. The Morgan fingerprint density at radius 1 is 0.786 bits per heavy atom. The third-order valence-electron chi connectivity index (χ3n) is 4.78. The van der Waals surface area contributed by atoms with Crippen molar-refractivity contribution in [3.8, 4) is 0 Å². The molecule has 1 atom stereocenters. The molecular weight excluding hydrogens is 385 g/mol. The van der Waals surface area contributed by atoms with Gasteiger partial charge in [0.15, 0.2) is 0 Å². The summed E-state index contributed by atoms with van der Waals surface area (Å²) in [5.74, 6) is -2.86. The average Bonchev–Trinajstić information content (AvgIpc) is 2.62. The molecule has 28 heavy (non-hydrogen) atoms. The monoisotopic (exact) mass is 423 g/mol. The Bertz CT molecular complexity index is 418. The van der Waals surface area contributed by atoms with Crippen molar-refractivity contribution in [1.29, 1.82) is 0 Å². The summed E-state index contributed by atoms with van der Waals surface area (Å²) in [5, 5.41) is 21.8. The van der Waals surface area contributed by atoms with Crippen molar-refractivity contribution in [1.82, 2.24) is 5.32 Å². The van der Waals surface area contributed by atoms with Gasteiger partial charge in [0.05, 0.1) is 0 Å². The summed E-state index contributed by atoms with van der Waals surface area (Å²) >= 11 is 0. The molecule has 0 bridgehead atoms. The molecule has 0 rings (SSSR count). The zero-order chi connectivity index (χ0) is 20.3. The number of rotatable bonds is 19. The molecule has 2 N–H and O–H groups in total. The van der Waals surface area contributed by atoms with Gasteiger partial charge in [0, 0.05) is 12.4 Å². The van der Waals surface area contributed by atoms with Crippen molar-refractivity contribution in [3.05, 3.63) is 0 Å². The number of hydrogen-bond donors (Lipinski definition) is 2. The van der Waals surface area contributed by atoms with Crippen LogP contribution in [0.4, 0.5) is 0 Å². The smallest absolute Gasteiger partial charge is 0.550 e. The van der Waals surface area contributed by atoms with E-state index in [1.165, 1.54) is 64.2 Å². The molecule has 6 nitrogen and oxygen atoms in total. The number of carbonyl (C=O) groups excluding carboxylic acids is 2. The fourth-order valence-corrected chi connectivity index (χ4v) is 3.09. The van der Waals surface area contributed by atoms with Crippen LogP contribution in [-0.2, 0) is 14.4 Å². The molecule has 0 aromatic heterocycles. The van der Waals surface area contributed by atoms with Crippen LogP contribution >= 0.6 is 0 Å². The first kappa shape index (κ1) is 30.2. The van der Waals surface area contributed by atoms with Gasteiger partial charge in [-0.15, -0.1) is 0 Å². The second-order valence-electron chi connectivity index (χ2n) is 7.36. The second kappa shape index (κ2) is 21.7. The van der Waals surface area contributed by atoms with Crippen LogP contribution in [0.25, 0.3) is 0 Å². The van der Waals surface area contributed by atoms with Gasteiger partial charge in [-0.3, -0.25) is 4.79 Å². The number of aliphatic carboxylic acids is 2. The summed E-state index contributed by atoms with van der Waals surface area (Å²) in [5.41, 5.74) is 0. The van der Waals surface area contributed by atoms with Crippen LogP contribution in [0, 0.1) is 0 Å². The quantitative estimate of drug-likeness (QED) is 0.233. The predicted octanol–water partition coefficient (Wildman–Crippen LogP) is 0.571. The summed E-state index contributed by atoms with van der Waals surface area (Å²) in [7, 11) is 0. The molecule has 0 saturated carbocycles. The number of unbranched alkanes of at least 4 members (excludes halogenated alkanes) is 12. The molecule has 0 aliphatic rings. The first-order valence-electron chi connectivity index (χ1n) is 10.7. The molecule has 0 aromatic carbocycles. The van der Waals surface area contributed by atoms with E-state index in [4.69, 9.17) is 5.11 Å². The van der Waals surface area contributed by atoms with Crippen LogP contribution in [0.5, 0.6) is 0 Å². The fraction of sp³-hybridized carbons (Fsp3) is 0.857. The number of amides is 1. The standard InChI is InChI=1S/C21H39NO5.K/c1-2-3-4-5-6-7-8-9-10-11-12-13-14-15-19(23)22-18(21(26)27)16-17-20(24)25;/h18H,2-17H2,1H3,(H,22,23)(H,24,25)(H,26,27);/q;+1/p-1/t18-;/m1./s1. The molecule has 0 heterocycles. The van der Waals surface area contributed by atoms with E-state index in [0.29, 0.717) is 0 Å². The van der Waals surface area contributed by atoms with Crippen molar-refractivity contribution < 1.29 is 76.0 Å². The third kappa shape index (κ3) is 20.8. The van der Waals surface area contributed by atoms with Gasteiger partial charge in [0.25, 0.3) is 0 Å². The Kier molecular flexibility index (Phi) is 23.5. The molecule has 0 aliphatic heterocycles. The summed E-state index contributed by atoms with van der Waals surface area (Å²) < 4.78 is 0. The Labute approximate surface area is 213 Å². The normalized spacial score (nSPS) is 11.5. The average molecular weight is 424 g/mol. The maximum absolute atomic E-state index is 11.8. The number of carboxylic acid groups (broad SMARTS) is 2. The van der Waals surface area contributed by atoms with E-state index in [1.807, 2.05) is 0 Å². The van der Waals surface area contributed by atoms with Gasteiger partial charge in [0.2, 0.25) is 5.91 Å². The van der Waals surface area contributed by atoms with Gasteiger partial charge in [-0.05, 0) is 19.3 Å². The topological polar surface area (TPSA) is 107 Å². The maximum atomic E-state index is 11.8. The SMILES string of the molecule is CCCCCCCCCCCCCCCC(=O)N[C@H](CCC(=O)[O-])C(=O)O.[K+]. The Balaban J connectivity index is 0. The fourth-order valence-electron chi connectivity index (χ4n) is 3.09. The largest absolute Gasteiger partial charge is 1.00 e. The minimum Gasteiger partial charge on any atom is -0.550 e. The Hall–Kier alpha value is 0.0464. The molecule has 158 valence electrons. The molecule has 0 spiro atoms. The molecule has 0 unspecified atom stereocenters. The number of hydrogen-bond acceptors (Lipinski definition) is 4. The van der Waals surface area contributed by atoms with Gasteiger partial charge in [-0.2, -0.15) is 0 Å². The second-order valence-corrected chi connectivity index (χ2v) is 7.36. The molecule has 0 radical (unpaired) electrons. The van der Waals surface area contributed by atoms with Crippen molar-refractivity contribution in [2.45, 2.75) is 116 Å². The minimum absolute atomic E-state index is 0. The van der Waals surface area contributed by atoms with E-state index in [9.17, 15) is 19.5 Å². The van der Waals surface area contributed by atoms with E-state index < -0.39 is 18.0 Å². The van der Waals surface area contributed by atoms with Crippen molar-refractivity contribution in [2.24, 2.45) is 0 Å². The van der Waals surface area contributed by atoms with E-state index >= 15 is 0 Å². The molecule has 0 fully saturated rings. The van der Waals surface area contributed by atoms with Gasteiger partial charge < -0.3 is 20.3 Å². The summed E-state index contributed by atoms with van der Waals surface area (Å²) in [6, 6.07) is -1.16. The van der Waals surface area contributed by atoms with Crippen LogP contribution in [0.15, 0.2) is 0 Å². The van der Waals surface area contributed by atoms with E-state index in [2.05, 4.69) is 12.2 Å². The van der Waals surface area contributed by atoms with E-state index in [1.54, 1.807) is 0 Å². The van der Waals surface area contributed by atoms with Gasteiger partial charge in [-0.1, -0.05) is 84.0 Å². The van der Waals surface area contributed by atoms with Crippen LogP contribution in [0.3, 0.4) is 0 Å². The minimum atomic E-state index is -1.31. The molecule has 7 heteroatoms. The van der Waals surface area contributed by atoms with Crippen LogP contribution < -0.4 is 61.8 Å². The third-order valence-corrected chi connectivity index (χ3v) is 4.78. The van der Waals surface area contributed by atoms with Crippen molar-refractivity contribution >= 4 is 17.8 Å². The first-order valence-corrected chi connectivity index (χ1v) is 10.7. The zero-order valence-corrected chi connectivity index (χ0v) is 21.1. The zero-order valence-electron chi connectivity index (χ0n) is 18.0.